The predicted octanol–water partition coefficient (Wildman–Crippen LogP) is 2.48. The first-order valence-electron chi connectivity index (χ1n) is 6.94. The third-order valence-electron chi connectivity index (χ3n) is 3.30. The van der Waals surface area contributed by atoms with Crippen LogP contribution in [0.15, 0.2) is 30.7 Å². The fraction of sp³-hybridized carbons (Fsp3) is 0.188. The van der Waals surface area contributed by atoms with E-state index in [1.807, 2.05) is 0 Å². The molecular weight excluding hydrogens is 300 g/mol. The number of hydrogen-bond donors (Lipinski definition) is 2. The second-order valence-corrected chi connectivity index (χ2v) is 4.78. The number of nitrogens with two attached hydrogens (primary N) is 1. The summed E-state index contributed by atoms with van der Waals surface area (Å²) in [6.07, 6.45) is 6.20. The van der Waals surface area contributed by atoms with Crippen LogP contribution in [0, 0.1) is 24.0 Å². The Kier molecular flexibility index (Phi) is 5.13. The van der Waals surface area contributed by atoms with Crippen molar-refractivity contribution in [1.29, 1.82) is 5.41 Å². The highest BCUT2D eigenvalue weighted by Gasteiger charge is 2.12. The van der Waals surface area contributed by atoms with E-state index in [0.717, 1.165) is 6.21 Å². The average molecular weight is 317 g/mol. The number of nitrogens with one attached hydrogen (secondary N) is 1. The highest BCUT2D eigenvalue weighted by molar-refractivity contribution is 5.74. The second kappa shape index (κ2) is 7.06. The molecule has 0 saturated carbocycles. The SMILES string of the molecule is CN.Cc1cc(F)c(Cc2nc(C=N)cn3ccnc23)cc1F. The van der Waals surface area contributed by atoms with Crippen LogP contribution in [0.5, 0.6) is 0 Å². The quantitative estimate of drug-likeness (QED) is 0.728. The lowest BCUT2D eigenvalue weighted by Crippen LogP contribution is -2.04. The number of fused-ring (bicyclic) bond motifs is 1. The Morgan fingerprint density at radius 1 is 1.26 bits per heavy atom. The van der Waals surface area contributed by atoms with Gasteiger partial charge in [0.05, 0.1) is 11.4 Å². The molecule has 0 radical (unpaired) electrons. The third-order valence-corrected chi connectivity index (χ3v) is 3.30. The van der Waals surface area contributed by atoms with Gasteiger partial charge in [-0.15, -0.1) is 0 Å². The van der Waals surface area contributed by atoms with E-state index < -0.39 is 11.6 Å². The molecule has 7 heteroatoms. The van der Waals surface area contributed by atoms with Crippen molar-refractivity contribution in [1.82, 2.24) is 14.4 Å². The Morgan fingerprint density at radius 3 is 2.70 bits per heavy atom. The molecule has 0 unspecified atom stereocenters. The van der Waals surface area contributed by atoms with E-state index >= 15 is 0 Å². The maximum atomic E-state index is 14.0. The van der Waals surface area contributed by atoms with Crippen LogP contribution in [0.1, 0.15) is 22.5 Å². The molecule has 2 heterocycles. The van der Waals surface area contributed by atoms with Gasteiger partial charge in [0, 0.05) is 31.2 Å². The number of hydrogen-bond acceptors (Lipinski definition) is 4. The molecule has 3 aromatic rings. The molecule has 5 nitrogen and oxygen atoms in total. The van der Waals surface area contributed by atoms with Gasteiger partial charge in [-0.2, -0.15) is 0 Å². The van der Waals surface area contributed by atoms with E-state index in [9.17, 15) is 8.78 Å². The molecule has 0 amide bonds. The molecule has 3 N–H and O–H groups in total. The first-order chi connectivity index (χ1) is 11.1. The molecule has 0 bridgehead atoms. The van der Waals surface area contributed by atoms with Crippen LogP contribution in [0.2, 0.25) is 0 Å². The summed E-state index contributed by atoms with van der Waals surface area (Å²) in [6.45, 7) is 1.52. The van der Waals surface area contributed by atoms with E-state index in [1.165, 1.54) is 26.1 Å². The lowest BCUT2D eigenvalue weighted by atomic mass is 10.1. The largest absolute Gasteiger partial charge is 0.333 e. The number of halogens is 2. The molecule has 120 valence electrons. The monoisotopic (exact) mass is 317 g/mol. The maximum Gasteiger partial charge on any atom is 0.158 e. The van der Waals surface area contributed by atoms with Crippen LogP contribution in [0.4, 0.5) is 8.78 Å². The summed E-state index contributed by atoms with van der Waals surface area (Å²) in [5.41, 5.74) is 6.49. The van der Waals surface area contributed by atoms with Crippen LogP contribution in [0.25, 0.3) is 5.65 Å². The number of rotatable bonds is 3. The summed E-state index contributed by atoms with van der Waals surface area (Å²) in [5, 5.41) is 7.30. The molecule has 0 aliphatic carbocycles. The third kappa shape index (κ3) is 3.40. The molecule has 1 aromatic carbocycles. The summed E-state index contributed by atoms with van der Waals surface area (Å²) in [6, 6.07) is 2.36. The standard InChI is InChI=1S/C15H12F2N4.CH5N/c1-9-4-13(17)10(5-12(9)16)6-14-15-19-2-3-21(15)8-11(7-18)20-14;1-2/h2-5,7-8,18H,6H2,1H3;2H2,1H3. The second-order valence-electron chi connectivity index (χ2n) is 4.78. The van der Waals surface area contributed by atoms with E-state index in [-0.39, 0.29) is 17.5 Å². The minimum Gasteiger partial charge on any atom is -0.333 e. The minimum absolute atomic E-state index is 0.116. The van der Waals surface area contributed by atoms with Crippen LogP contribution >= 0.6 is 0 Å². The van der Waals surface area contributed by atoms with Crippen molar-refractivity contribution < 1.29 is 8.78 Å². The van der Waals surface area contributed by atoms with Crippen molar-refractivity contribution in [3.8, 4) is 0 Å². The average Bonchev–Trinajstić information content (AvgIpc) is 3.03. The number of aryl methyl sites for hydroxylation is 1. The van der Waals surface area contributed by atoms with Gasteiger partial charge >= 0.3 is 0 Å². The molecule has 23 heavy (non-hydrogen) atoms. The zero-order chi connectivity index (χ0) is 17.0. The van der Waals surface area contributed by atoms with Crippen LogP contribution < -0.4 is 5.73 Å². The first kappa shape index (κ1) is 16.7. The van der Waals surface area contributed by atoms with Gasteiger partial charge in [-0.05, 0) is 37.2 Å². The summed E-state index contributed by atoms with van der Waals surface area (Å²) in [5.74, 6) is -0.922. The molecule has 3 rings (SSSR count). The van der Waals surface area contributed by atoms with Gasteiger partial charge in [-0.25, -0.2) is 18.7 Å². The topological polar surface area (TPSA) is 80.1 Å². The molecule has 2 aromatic heterocycles. The molecule has 0 aliphatic heterocycles. The van der Waals surface area contributed by atoms with Crippen molar-refractivity contribution in [2.24, 2.45) is 5.73 Å². The van der Waals surface area contributed by atoms with Crippen LogP contribution in [0.3, 0.4) is 0 Å². The molecule has 0 fully saturated rings. The normalized spacial score (nSPS) is 10.3. The zero-order valence-corrected chi connectivity index (χ0v) is 12.8. The molecule has 0 saturated heterocycles. The van der Waals surface area contributed by atoms with Gasteiger partial charge in [0.25, 0.3) is 0 Å². The van der Waals surface area contributed by atoms with Crippen molar-refractivity contribution >= 4 is 11.9 Å². The number of nitrogens with zero attached hydrogens (tertiary/aromatic N) is 3. The summed E-state index contributed by atoms with van der Waals surface area (Å²) < 4.78 is 29.3. The van der Waals surface area contributed by atoms with Gasteiger partial charge in [0.15, 0.2) is 5.65 Å². The van der Waals surface area contributed by atoms with Crippen LogP contribution in [-0.2, 0) is 6.42 Å². The van der Waals surface area contributed by atoms with Gasteiger partial charge in [-0.1, -0.05) is 0 Å². The van der Waals surface area contributed by atoms with Gasteiger partial charge in [-0.3, -0.25) is 0 Å². The summed E-state index contributed by atoms with van der Waals surface area (Å²) >= 11 is 0. The minimum atomic E-state index is -0.472. The Morgan fingerprint density at radius 2 is 2.00 bits per heavy atom. The lowest BCUT2D eigenvalue weighted by molar-refractivity contribution is 0.581. The fourth-order valence-electron chi connectivity index (χ4n) is 2.21. The van der Waals surface area contributed by atoms with E-state index in [1.54, 1.807) is 23.0 Å². The zero-order valence-electron chi connectivity index (χ0n) is 12.8. The Hall–Kier alpha value is -2.67. The molecule has 0 spiro atoms. The first-order valence-corrected chi connectivity index (χ1v) is 6.94. The predicted molar refractivity (Wildman–Crippen MR) is 84.9 cm³/mol. The smallest absolute Gasteiger partial charge is 0.158 e. The van der Waals surface area contributed by atoms with Gasteiger partial charge < -0.3 is 15.5 Å². The number of aromatic nitrogens is 3. The van der Waals surface area contributed by atoms with Crippen molar-refractivity contribution in [2.45, 2.75) is 13.3 Å². The Labute approximate surface area is 132 Å². The van der Waals surface area contributed by atoms with Gasteiger partial charge in [0.2, 0.25) is 0 Å². The summed E-state index contributed by atoms with van der Waals surface area (Å²) in [4.78, 5) is 8.43. The molecule has 0 aliphatic rings. The van der Waals surface area contributed by atoms with E-state index in [0.29, 0.717) is 17.0 Å². The number of benzene rings is 1. The van der Waals surface area contributed by atoms with Crippen molar-refractivity contribution in [3.63, 3.8) is 0 Å². The Bertz CT molecular complexity index is 842. The Balaban J connectivity index is 0.000000924. The van der Waals surface area contributed by atoms with Gasteiger partial charge in [0.1, 0.15) is 11.6 Å². The number of imidazole rings is 1. The highest BCUT2D eigenvalue weighted by Crippen LogP contribution is 2.19. The molecule has 0 atom stereocenters. The van der Waals surface area contributed by atoms with E-state index in [2.05, 4.69) is 15.7 Å². The molecular formula is C16H17F2N5. The fourth-order valence-corrected chi connectivity index (χ4v) is 2.21. The highest BCUT2D eigenvalue weighted by atomic mass is 19.1. The lowest BCUT2D eigenvalue weighted by Gasteiger charge is -2.07. The summed E-state index contributed by atoms with van der Waals surface area (Å²) in [7, 11) is 1.50. The van der Waals surface area contributed by atoms with Crippen LogP contribution in [-0.4, -0.2) is 27.6 Å². The maximum absolute atomic E-state index is 14.0. The van der Waals surface area contributed by atoms with E-state index in [4.69, 9.17) is 5.41 Å². The van der Waals surface area contributed by atoms with Crippen molar-refractivity contribution in [2.75, 3.05) is 7.05 Å². The van der Waals surface area contributed by atoms with Crippen molar-refractivity contribution in [3.05, 3.63) is 64.9 Å².